The average Bonchev–Trinajstić information content (AvgIpc) is 3.11. The van der Waals surface area contributed by atoms with Crippen LogP contribution in [0.3, 0.4) is 0 Å². The van der Waals surface area contributed by atoms with Gasteiger partial charge in [0.05, 0.1) is 5.69 Å². The Balaban J connectivity index is 1.50. The lowest BCUT2D eigenvalue weighted by molar-refractivity contribution is 0.102. The molecule has 0 aliphatic carbocycles. The molecule has 3 aromatic carbocycles. The summed E-state index contributed by atoms with van der Waals surface area (Å²) in [4.78, 5) is 16.9. The molecule has 0 saturated heterocycles. The largest absolute Gasteiger partial charge is 0.441 e. The second-order valence-corrected chi connectivity index (χ2v) is 7.27. The van der Waals surface area contributed by atoms with Crippen LogP contribution in [0.2, 0.25) is 0 Å². The van der Waals surface area contributed by atoms with Crippen molar-refractivity contribution >= 4 is 38.6 Å². The number of carbonyl (C=O) groups is 1. The predicted molar refractivity (Wildman–Crippen MR) is 110 cm³/mol. The maximum atomic E-state index is 13.9. The molecule has 4 rings (SSSR count). The molecule has 0 aliphatic rings. The van der Waals surface area contributed by atoms with E-state index in [0.717, 1.165) is 6.42 Å². The molecule has 0 saturated carbocycles. The highest BCUT2D eigenvalue weighted by atomic mass is 79.9. The number of rotatable bonds is 5. The summed E-state index contributed by atoms with van der Waals surface area (Å²) in [5, 5.41) is 2.58. The van der Waals surface area contributed by atoms with E-state index in [1.807, 2.05) is 18.2 Å². The molecule has 1 aromatic heterocycles. The van der Waals surface area contributed by atoms with Crippen LogP contribution in [0.1, 0.15) is 21.8 Å². The second kappa shape index (κ2) is 7.94. The molecule has 1 N–H and O–H groups in total. The van der Waals surface area contributed by atoms with Crippen LogP contribution in [0.5, 0.6) is 0 Å². The van der Waals surface area contributed by atoms with Gasteiger partial charge in [0.15, 0.2) is 11.5 Å². The van der Waals surface area contributed by atoms with Crippen molar-refractivity contribution in [3.63, 3.8) is 0 Å². The first-order valence-electron chi connectivity index (χ1n) is 8.78. The fourth-order valence-corrected chi connectivity index (χ4v) is 3.23. The van der Waals surface area contributed by atoms with Crippen molar-refractivity contribution in [3.8, 4) is 0 Å². The maximum absolute atomic E-state index is 13.9. The van der Waals surface area contributed by atoms with Crippen LogP contribution < -0.4 is 5.32 Å². The average molecular weight is 439 g/mol. The Morgan fingerprint density at radius 2 is 1.86 bits per heavy atom. The number of anilines is 1. The van der Waals surface area contributed by atoms with Gasteiger partial charge in [-0.1, -0.05) is 46.3 Å². The molecule has 6 heteroatoms. The molecule has 140 valence electrons. The Bertz CT molecular complexity index is 1140. The predicted octanol–water partition coefficient (Wildman–Crippen LogP) is 5.77. The van der Waals surface area contributed by atoms with Crippen molar-refractivity contribution in [2.24, 2.45) is 0 Å². The molecule has 4 nitrogen and oxygen atoms in total. The number of benzene rings is 3. The molecule has 0 aliphatic heterocycles. The molecule has 0 fully saturated rings. The van der Waals surface area contributed by atoms with E-state index in [1.54, 1.807) is 24.3 Å². The van der Waals surface area contributed by atoms with E-state index in [4.69, 9.17) is 4.42 Å². The first kappa shape index (κ1) is 18.4. The SMILES string of the molecule is O=C(Nc1ccc(Br)cc1F)c1ccc2nc(CCc3ccccc3)oc2c1. The van der Waals surface area contributed by atoms with Gasteiger partial charge >= 0.3 is 0 Å². The van der Waals surface area contributed by atoms with Crippen molar-refractivity contribution in [1.29, 1.82) is 0 Å². The summed E-state index contributed by atoms with van der Waals surface area (Å²) in [7, 11) is 0. The number of hydrogen-bond acceptors (Lipinski definition) is 3. The quantitative estimate of drug-likeness (QED) is 0.430. The molecule has 4 aromatic rings. The first-order chi connectivity index (χ1) is 13.6. The lowest BCUT2D eigenvalue weighted by Gasteiger charge is -2.06. The van der Waals surface area contributed by atoms with Crippen LogP contribution in [-0.4, -0.2) is 10.9 Å². The molecule has 1 heterocycles. The Hall–Kier alpha value is -2.99. The maximum Gasteiger partial charge on any atom is 0.255 e. The molecule has 0 atom stereocenters. The van der Waals surface area contributed by atoms with Crippen LogP contribution in [0.25, 0.3) is 11.1 Å². The van der Waals surface area contributed by atoms with Crippen LogP contribution in [0.15, 0.2) is 75.6 Å². The molecular formula is C22H16BrFN2O2. The van der Waals surface area contributed by atoms with Gasteiger partial charge < -0.3 is 9.73 Å². The van der Waals surface area contributed by atoms with E-state index in [0.29, 0.717) is 33.4 Å². The Morgan fingerprint density at radius 1 is 1.04 bits per heavy atom. The minimum Gasteiger partial charge on any atom is -0.441 e. The summed E-state index contributed by atoms with van der Waals surface area (Å²) in [6, 6.07) is 19.6. The van der Waals surface area contributed by atoms with Crippen molar-refractivity contribution in [3.05, 3.63) is 94.0 Å². The highest BCUT2D eigenvalue weighted by Gasteiger charge is 2.13. The Kier molecular flexibility index (Phi) is 5.21. The number of nitrogens with one attached hydrogen (secondary N) is 1. The first-order valence-corrected chi connectivity index (χ1v) is 9.57. The molecule has 0 unspecified atom stereocenters. The number of halogens is 2. The number of amides is 1. The van der Waals surface area contributed by atoms with Crippen molar-refractivity contribution in [2.45, 2.75) is 12.8 Å². The molecule has 0 bridgehead atoms. The van der Waals surface area contributed by atoms with Crippen LogP contribution in [0.4, 0.5) is 10.1 Å². The molecule has 1 amide bonds. The zero-order chi connectivity index (χ0) is 19.5. The van der Waals surface area contributed by atoms with Gasteiger partial charge in [0, 0.05) is 16.5 Å². The summed E-state index contributed by atoms with van der Waals surface area (Å²) < 4.78 is 20.3. The topological polar surface area (TPSA) is 55.1 Å². The lowest BCUT2D eigenvalue weighted by atomic mass is 10.1. The number of nitrogens with zero attached hydrogens (tertiary/aromatic N) is 1. The third-order valence-corrected chi connectivity index (χ3v) is 4.84. The summed E-state index contributed by atoms with van der Waals surface area (Å²) in [5.41, 5.74) is 2.93. The molecule has 0 spiro atoms. The third kappa shape index (κ3) is 4.12. The number of oxazole rings is 1. The second-order valence-electron chi connectivity index (χ2n) is 6.35. The Morgan fingerprint density at radius 3 is 2.64 bits per heavy atom. The van der Waals surface area contributed by atoms with E-state index in [-0.39, 0.29) is 5.69 Å². The van der Waals surface area contributed by atoms with Crippen molar-refractivity contribution in [2.75, 3.05) is 5.32 Å². The summed E-state index contributed by atoms with van der Waals surface area (Å²) in [6.45, 7) is 0. The number of carbonyl (C=O) groups excluding carboxylic acids is 1. The van der Waals surface area contributed by atoms with Gasteiger partial charge in [-0.2, -0.15) is 0 Å². The van der Waals surface area contributed by atoms with Gasteiger partial charge in [0.1, 0.15) is 11.3 Å². The normalized spacial score (nSPS) is 10.9. The number of aromatic nitrogens is 1. The molecule has 0 radical (unpaired) electrons. The Labute approximate surface area is 169 Å². The summed E-state index contributed by atoms with van der Waals surface area (Å²) in [5.74, 6) is -0.299. The lowest BCUT2D eigenvalue weighted by Crippen LogP contribution is -2.12. The minimum absolute atomic E-state index is 0.120. The fourth-order valence-electron chi connectivity index (χ4n) is 2.90. The van der Waals surface area contributed by atoms with E-state index < -0.39 is 11.7 Å². The van der Waals surface area contributed by atoms with Crippen LogP contribution in [0, 0.1) is 5.82 Å². The fraction of sp³-hybridized carbons (Fsp3) is 0.0909. The summed E-state index contributed by atoms with van der Waals surface area (Å²) in [6.07, 6.45) is 1.49. The highest BCUT2D eigenvalue weighted by molar-refractivity contribution is 9.10. The van der Waals surface area contributed by atoms with Gasteiger partial charge in [-0.15, -0.1) is 0 Å². The van der Waals surface area contributed by atoms with Gasteiger partial charge in [-0.3, -0.25) is 4.79 Å². The monoisotopic (exact) mass is 438 g/mol. The zero-order valence-corrected chi connectivity index (χ0v) is 16.4. The zero-order valence-electron chi connectivity index (χ0n) is 14.8. The van der Waals surface area contributed by atoms with Gasteiger partial charge in [0.25, 0.3) is 5.91 Å². The van der Waals surface area contributed by atoms with Crippen LogP contribution >= 0.6 is 15.9 Å². The van der Waals surface area contributed by atoms with E-state index >= 15 is 0 Å². The van der Waals surface area contributed by atoms with Gasteiger partial charge in [-0.05, 0) is 48.4 Å². The van der Waals surface area contributed by atoms with Crippen LogP contribution in [-0.2, 0) is 12.8 Å². The van der Waals surface area contributed by atoms with Crippen molar-refractivity contribution < 1.29 is 13.6 Å². The minimum atomic E-state index is -0.508. The van der Waals surface area contributed by atoms with E-state index in [1.165, 1.54) is 17.7 Å². The standard InChI is InChI=1S/C22H16BrFN2O2/c23-16-8-10-18(17(24)13-16)26-22(27)15-7-9-19-20(12-15)28-21(25-19)11-6-14-4-2-1-3-5-14/h1-5,7-10,12-13H,6,11H2,(H,26,27). The number of hydrogen-bond donors (Lipinski definition) is 1. The van der Waals surface area contributed by atoms with Gasteiger partial charge in [0.2, 0.25) is 0 Å². The third-order valence-electron chi connectivity index (χ3n) is 4.34. The van der Waals surface area contributed by atoms with E-state index in [9.17, 15) is 9.18 Å². The number of aryl methyl sites for hydroxylation is 2. The molecular weight excluding hydrogens is 423 g/mol. The molecule has 28 heavy (non-hydrogen) atoms. The summed E-state index contributed by atoms with van der Waals surface area (Å²) >= 11 is 3.19. The van der Waals surface area contributed by atoms with E-state index in [2.05, 4.69) is 38.4 Å². The van der Waals surface area contributed by atoms with Crippen molar-refractivity contribution in [1.82, 2.24) is 4.98 Å². The number of fused-ring (bicyclic) bond motifs is 1. The van der Waals surface area contributed by atoms with Gasteiger partial charge in [-0.25, -0.2) is 9.37 Å². The smallest absolute Gasteiger partial charge is 0.255 e. The highest BCUT2D eigenvalue weighted by Crippen LogP contribution is 2.22.